The van der Waals surface area contributed by atoms with E-state index in [1.807, 2.05) is 0 Å². The minimum atomic E-state index is 0. The van der Waals surface area contributed by atoms with Crippen LogP contribution in [0.25, 0.3) is 0 Å². The summed E-state index contributed by atoms with van der Waals surface area (Å²) >= 11 is 0. The van der Waals surface area contributed by atoms with Crippen molar-refractivity contribution < 1.29 is 53.6 Å². The molecule has 0 fully saturated rings. The average Bonchev–Trinajstić information content (AvgIpc) is 0. The Morgan fingerprint density at radius 1 is 1.00 bits per heavy atom. The standard InChI is InChI=1S/Cu.Fe.H2S.H2Se.Sn.Zn.2H/h;;2*1H2;;;;. The van der Waals surface area contributed by atoms with Gasteiger partial charge in [0.1, 0.15) is 0 Å². The monoisotopic (exact) mass is 421 g/mol. The molecule has 0 amide bonds. The van der Waals surface area contributed by atoms with Gasteiger partial charge in [0.05, 0.1) is 0 Å². The van der Waals surface area contributed by atoms with E-state index in [1.165, 1.54) is 0 Å². The van der Waals surface area contributed by atoms with Gasteiger partial charge in [-0.05, 0) is 0 Å². The van der Waals surface area contributed by atoms with Crippen LogP contribution in [-0.4, -0.2) is 41.0 Å². The van der Waals surface area contributed by atoms with Gasteiger partial charge in [-0.15, -0.1) is 0 Å². The molecule has 0 aliphatic rings. The van der Waals surface area contributed by atoms with Gasteiger partial charge in [0.25, 0.3) is 0 Å². The molecule has 0 spiro atoms. The zero-order chi connectivity index (χ0) is 0. The maximum atomic E-state index is 0. The van der Waals surface area contributed by atoms with Gasteiger partial charge in [-0.1, -0.05) is 0 Å². The molecule has 0 nitrogen and oxygen atoms in total. The van der Waals surface area contributed by atoms with E-state index < -0.39 is 0 Å². The molecule has 0 aliphatic heterocycles. The van der Waals surface area contributed by atoms with Crippen LogP contribution in [-0.2, 0) is 53.6 Å². The maximum Gasteiger partial charge on any atom is 0 e. The van der Waals surface area contributed by atoms with E-state index in [1.54, 1.807) is 0 Å². The van der Waals surface area contributed by atoms with Crippen molar-refractivity contribution in [2.45, 2.75) is 0 Å². The van der Waals surface area contributed by atoms with Gasteiger partial charge in [0.15, 0.2) is 0 Å². The van der Waals surface area contributed by atoms with E-state index in [4.69, 9.17) is 0 Å². The Balaban J connectivity index is 0. The van der Waals surface area contributed by atoms with Crippen molar-refractivity contribution >= 4 is 54.5 Å². The van der Waals surface area contributed by atoms with Crippen LogP contribution >= 0.6 is 13.5 Å². The predicted molar refractivity (Wildman–Crippen MR) is 27.5 cm³/mol. The average molecular weight is 421 g/mol. The molecule has 43 valence electrons. The van der Waals surface area contributed by atoms with Crippen molar-refractivity contribution in [2.75, 3.05) is 0 Å². The van der Waals surface area contributed by atoms with E-state index in [9.17, 15) is 0 Å². The van der Waals surface area contributed by atoms with Crippen LogP contribution in [0.5, 0.6) is 0 Å². The second-order valence-corrected chi connectivity index (χ2v) is 0. The summed E-state index contributed by atoms with van der Waals surface area (Å²) in [5.74, 6) is 0. The van der Waals surface area contributed by atoms with Crippen molar-refractivity contribution in [1.29, 1.82) is 0 Å². The van der Waals surface area contributed by atoms with Gasteiger partial charge in [-0.25, -0.2) is 0 Å². The molecule has 3 radical (unpaired) electrons. The van der Waals surface area contributed by atoms with Crippen molar-refractivity contribution in [3.05, 3.63) is 0 Å². The fourth-order valence-electron chi connectivity index (χ4n) is 0. The molecular weight excluding hydrogens is 415 g/mol. The Morgan fingerprint density at radius 3 is 1.00 bits per heavy atom. The summed E-state index contributed by atoms with van der Waals surface area (Å²) in [6.45, 7) is 0. The van der Waals surface area contributed by atoms with Gasteiger partial charge in [0.2, 0.25) is 0 Å². The molecule has 0 aliphatic carbocycles. The third-order valence-electron chi connectivity index (χ3n) is 0. The van der Waals surface area contributed by atoms with Gasteiger partial charge in [0, 0.05) is 53.6 Å². The van der Waals surface area contributed by atoms with E-state index in [0.29, 0.717) is 0 Å². The molecule has 0 unspecified atom stereocenters. The van der Waals surface area contributed by atoms with Crippen LogP contribution in [0.4, 0.5) is 0 Å². The summed E-state index contributed by atoms with van der Waals surface area (Å²) in [6.07, 6.45) is 0. The van der Waals surface area contributed by atoms with E-state index in [0.717, 1.165) is 0 Å². The third-order valence-corrected chi connectivity index (χ3v) is 0. The molecule has 0 aromatic heterocycles. The Bertz CT molecular complexity index is 15.5. The number of rotatable bonds is 0. The topological polar surface area (TPSA) is 0 Å². The van der Waals surface area contributed by atoms with E-state index in [2.05, 4.69) is 0 Å². The molecular formula is H6CuFeSSeSnZn. The summed E-state index contributed by atoms with van der Waals surface area (Å²) in [5, 5.41) is 0. The zero-order valence-electron chi connectivity index (χ0n) is 3.07. The number of hydrogen-bond acceptors (Lipinski definition) is 0. The molecule has 0 rings (SSSR count). The van der Waals surface area contributed by atoms with Crippen LogP contribution in [0.1, 0.15) is 0 Å². The first-order valence-corrected chi connectivity index (χ1v) is 0. The molecule has 0 saturated heterocycles. The summed E-state index contributed by atoms with van der Waals surface area (Å²) in [5.41, 5.74) is 0. The Kier molecular flexibility index (Phi) is 393. The van der Waals surface area contributed by atoms with Crippen LogP contribution in [0, 0.1) is 0 Å². The summed E-state index contributed by atoms with van der Waals surface area (Å²) in [7, 11) is 0. The van der Waals surface area contributed by atoms with Gasteiger partial charge < -0.3 is 0 Å². The number of hydrogen-bond donors (Lipinski definition) is 0. The van der Waals surface area contributed by atoms with Crippen LogP contribution in [0.15, 0.2) is 0 Å². The first kappa shape index (κ1) is 58.4. The summed E-state index contributed by atoms with van der Waals surface area (Å²) < 4.78 is 0. The van der Waals surface area contributed by atoms with Crippen molar-refractivity contribution in [2.24, 2.45) is 0 Å². The van der Waals surface area contributed by atoms with Crippen molar-refractivity contribution in [1.82, 2.24) is 0 Å². The largest absolute Gasteiger partial charge is 0 e. The van der Waals surface area contributed by atoms with Gasteiger partial charge in [-0.3, -0.25) is 0 Å². The van der Waals surface area contributed by atoms with Crippen molar-refractivity contribution in [3.8, 4) is 0 Å². The fourth-order valence-corrected chi connectivity index (χ4v) is 0. The molecule has 0 saturated carbocycles. The molecule has 6 heteroatoms. The minimum absolute atomic E-state index is 0. The quantitative estimate of drug-likeness (QED) is 0.409. The van der Waals surface area contributed by atoms with E-state index >= 15 is 0 Å². The summed E-state index contributed by atoms with van der Waals surface area (Å²) in [4.78, 5) is 0. The van der Waals surface area contributed by atoms with Crippen LogP contribution < -0.4 is 0 Å². The Morgan fingerprint density at radius 2 is 1.00 bits per heavy atom. The molecule has 0 bridgehead atoms. The van der Waals surface area contributed by atoms with Gasteiger partial charge in [-0.2, -0.15) is 13.5 Å². The van der Waals surface area contributed by atoms with Gasteiger partial charge >= 0.3 is 41.0 Å². The molecule has 0 heterocycles. The fraction of sp³-hybridized carbons (Fsp3) is 0. The molecule has 0 aromatic rings. The second-order valence-electron chi connectivity index (χ2n) is 0. The maximum absolute atomic E-state index is 0. The van der Waals surface area contributed by atoms with Crippen LogP contribution in [0.2, 0.25) is 0 Å². The first-order valence-electron chi connectivity index (χ1n) is 0. The molecule has 0 atom stereocenters. The van der Waals surface area contributed by atoms with Crippen LogP contribution in [0.3, 0.4) is 0 Å². The molecule has 0 N–H and O–H groups in total. The normalized spacial score (nSPS) is 0. The van der Waals surface area contributed by atoms with Crippen molar-refractivity contribution in [3.63, 3.8) is 0 Å². The second kappa shape index (κ2) is 40.4. The SMILES string of the molecule is S.[Cu].[Fe].[SeH2].[SnH2].[Zn]. The zero-order valence-corrected chi connectivity index (χ0v) is 15.2. The Labute approximate surface area is 106 Å². The third kappa shape index (κ3) is 26.5. The van der Waals surface area contributed by atoms with E-state index in [-0.39, 0.29) is 108 Å². The predicted octanol–water partition coefficient (Wildman–Crippen LogP) is -1.73. The molecule has 0 aromatic carbocycles. The molecule has 6 heavy (non-hydrogen) atoms. The minimum Gasteiger partial charge on any atom is 0 e. The first-order chi connectivity index (χ1) is 0. The Hall–Kier alpha value is 3.33. The summed E-state index contributed by atoms with van der Waals surface area (Å²) in [6, 6.07) is 0. The smallest absolute Gasteiger partial charge is 0 e.